The van der Waals surface area contributed by atoms with Crippen LogP contribution in [0.5, 0.6) is 0 Å². The van der Waals surface area contributed by atoms with Gasteiger partial charge in [-0.05, 0) is 43.0 Å². The lowest BCUT2D eigenvalue weighted by atomic mass is 9.67. The normalized spacial score (nSPS) is 23.8. The maximum Gasteiger partial charge on any atom is 0.232 e. The molecule has 2 aliphatic heterocycles. The van der Waals surface area contributed by atoms with E-state index in [2.05, 4.69) is 54.3 Å². The highest BCUT2D eigenvalue weighted by atomic mass is 32.2. The van der Waals surface area contributed by atoms with E-state index in [1.807, 2.05) is 11.8 Å². The van der Waals surface area contributed by atoms with E-state index in [9.17, 15) is 4.79 Å². The molecule has 25 heavy (non-hydrogen) atoms. The lowest BCUT2D eigenvalue weighted by Crippen LogP contribution is -2.49. The Morgan fingerprint density at radius 3 is 2.72 bits per heavy atom. The molecule has 2 aromatic rings. The minimum Gasteiger partial charge on any atom is -0.297 e. The van der Waals surface area contributed by atoms with Crippen molar-refractivity contribution < 1.29 is 4.79 Å². The van der Waals surface area contributed by atoms with E-state index in [0.29, 0.717) is 6.42 Å². The zero-order valence-electron chi connectivity index (χ0n) is 14.6. The number of nitrogens with zero attached hydrogens (tertiary/aromatic N) is 1. The highest BCUT2D eigenvalue weighted by Crippen LogP contribution is 2.57. The summed E-state index contributed by atoms with van der Waals surface area (Å²) in [5, 5.41) is 0.209. The van der Waals surface area contributed by atoms with Gasteiger partial charge in [-0.1, -0.05) is 66.9 Å². The number of aryl methyl sites for hydroxylation is 1. The molecule has 0 saturated heterocycles. The molecule has 3 heteroatoms. The molecule has 0 radical (unpaired) electrons. The first-order valence-electron chi connectivity index (χ1n) is 9.37. The summed E-state index contributed by atoms with van der Waals surface area (Å²) < 4.78 is 0. The molecule has 1 unspecified atom stereocenters. The zero-order valence-corrected chi connectivity index (χ0v) is 15.4. The van der Waals surface area contributed by atoms with Crippen LogP contribution in [0.1, 0.15) is 48.8 Å². The Balaban J connectivity index is 1.74. The first-order valence-corrected chi connectivity index (χ1v) is 10.2. The van der Waals surface area contributed by atoms with E-state index in [-0.39, 0.29) is 16.7 Å². The summed E-state index contributed by atoms with van der Waals surface area (Å²) in [5.41, 5.74) is 5.23. The van der Waals surface area contributed by atoms with Crippen molar-refractivity contribution in [3.05, 3.63) is 59.2 Å². The fraction of sp³-hybridized carbons (Fsp3) is 0.409. The molecule has 1 amide bonds. The lowest BCUT2D eigenvalue weighted by Gasteiger charge is -2.44. The van der Waals surface area contributed by atoms with E-state index >= 15 is 0 Å². The van der Waals surface area contributed by atoms with Gasteiger partial charge < -0.3 is 0 Å². The Hall–Kier alpha value is -1.74. The van der Waals surface area contributed by atoms with E-state index in [1.165, 1.54) is 53.7 Å². The number of carbonyl (C=O) groups excluding carboxylic acids is 1. The van der Waals surface area contributed by atoms with Crippen LogP contribution in [0.2, 0.25) is 0 Å². The number of rotatable bonds is 0. The van der Waals surface area contributed by atoms with Gasteiger partial charge in [0.1, 0.15) is 0 Å². The summed E-state index contributed by atoms with van der Waals surface area (Å²) in [7, 11) is 0. The molecular formula is C22H23NOS. The smallest absolute Gasteiger partial charge is 0.232 e. The van der Waals surface area contributed by atoms with Crippen LogP contribution in [0.3, 0.4) is 0 Å². The average molecular weight is 349 g/mol. The predicted octanol–water partition coefficient (Wildman–Crippen LogP) is 5.22. The maximum absolute atomic E-state index is 13.2. The van der Waals surface area contributed by atoms with Crippen LogP contribution >= 0.6 is 11.8 Å². The monoisotopic (exact) mass is 349 g/mol. The van der Waals surface area contributed by atoms with E-state index in [0.717, 1.165) is 5.69 Å². The van der Waals surface area contributed by atoms with Gasteiger partial charge in [0.25, 0.3) is 0 Å². The Labute approximate surface area is 153 Å². The molecule has 1 aliphatic carbocycles. The highest BCUT2D eigenvalue weighted by molar-refractivity contribution is 8.00. The second-order valence-electron chi connectivity index (χ2n) is 7.76. The Bertz CT molecular complexity index is 853. The summed E-state index contributed by atoms with van der Waals surface area (Å²) in [4.78, 5) is 16.6. The molecule has 3 aliphatic rings. The van der Waals surface area contributed by atoms with Crippen LogP contribution < -0.4 is 4.90 Å². The van der Waals surface area contributed by atoms with Crippen LogP contribution in [0.25, 0.3) is 0 Å². The molecule has 2 nitrogen and oxygen atoms in total. The molecule has 2 heterocycles. The number of anilines is 1. The van der Waals surface area contributed by atoms with Crippen molar-refractivity contribution in [3.63, 3.8) is 0 Å². The van der Waals surface area contributed by atoms with Gasteiger partial charge in [0.15, 0.2) is 0 Å². The number of hydrogen-bond acceptors (Lipinski definition) is 2. The summed E-state index contributed by atoms with van der Waals surface area (Å²) in [5.74, 6) is 0.259. The number of para-hydroxylation sites is 1. The maximum atomic E-state index is 13.2. The Morgan fingerprint density at radius 1 is 1.08 bits per heavy atom. The Kier molecular flexibility index (Phi) is 3.50. The first kappa shape index (κ1) is 15.5. The molecular weight excluding hydrogens is 326 g/mol. The number of amides is 1. The molecule has 2 aromatic carbocycles. The molecule has 1 saturated carbocycles. The molecule has 1 spiro atoms. The summed E-state index contributed by atoms with van der Waals surface area (Å²) in [6, 6.07) is 15.2. The Morgan fingerprint density at radius 2 is 1.88 bits per heavy atom. The van der Waals surface area contributed by atoms with Crippen LogP contribution in [0, 0.1) is 6.92 Å². The van der Waals surface area contributed by atoms with Crippen LogP contribution in [0.15, 0.2) is 47.4 Å². The van der Waals surface area contributed by atoms with Crippen LogP contribution in [-0.4, -0.2) is 11.3 Å². The van der Waals surface area contributed by atoms with Crippen molar-refractivity contribution in [3.8, 4) is 0 Å². The minimum absolute atomic E-state index is 0.0927. The molecule has 0 aromatic heterocycles. The van der Waals surface area contributed by atoms with Crippen molar-refractivity contribution in [1.29, 1.82) is 0 Å². The van der Waals surface area contributed by atoms with Gasteiger partial charge in [-0.15, -0.1) is 0 Å². The average Bonchev–Trinajstić information content (AvgIpc) is 3.00. The largest absolute Gasteiger partial charge is 0.297 e. The number of fused-ring (bicyclic) bond motifs is 6. The molecule has 1 fully saturated rings. The fourth-order valence-corrected chi connectivity index (χ4v) is 6.68. The van der Waals surface area contributed by atoms with Gasteiger partial charge in [-0.3, -0.25) is 9.69 Å². The summed E-state index contributed by atoms with van der Waals surface area (Å²) >= 11 is 1.92. The quantitative estimate of drug-likeness (QED) is 0.650. The predicted molar refractivity (Wildman–Crippen MR) is 103 cm³/mol. The van der Waals surface area contributed by atoms with E-state index < -0.39 is 0 Å². The third-order valence-corrected chi connectivity index (χ3v) is 7.71. The van der Waals surface area contributed by atoms with Crippen molar-refractivity contribution >= 4 is 23.4 Å². The van der Waals surface area contributed by atoms with Gasteiger partial charge in [-0.25, -0.2) is 0 Å². The number of hydrogen-bond donors (Lipinski definition) is 0. The van der Waals surface area contributed by atoms with Gasteiger partial charge >= 0.3 is 0 Å². The minimum atomic E-state index is 0.0927. The van der Waals surface area contributed by atoms with Gasteiger partial charge in [0.05, 0.1) is 17.5 Å². The summed E-state index contributed by atoms with van der Waals surface area (Å²) in [6.07, 6.45) is 6.77. The van der Waals surface area contributed by atoms with Gasteiger partial charge in [0.2, 0.25) is 5.91 Å². The number of thioether (sulfide) groups is 1. The van der Waals surface area contributed by atoms with Crippen molar-refractivity contribution in [1.82, 2.24) is 0 Å². The van der Waals surface area contributed by atoms with Crippen molar-refractivity contribution in [2.45, 2.75) is 61.1 Å². The first-order chi connectivity index (χ1) is 12.2. The topological polar surface area (TPSA) is 20.3 Å². The van der Waals surface area contributed by atoms with Crippen molar-refractivity contribution in [2.24, 2.45) is 0 Å². The molecule has 0 N–H and O–H groups in total. The molecule has 5 rings (SSSR count). The SMILES string of the molecule is Cc1ccc2c(c1)C1(CCCCC1)C1Sc3ccccc3N1C(=O)C2. The van der Waals surface area contributed by atoms with Gasteiger partial charge in [-0.2, -0.15) is 0 Å². The van der Waals surface area contributed by atoms with Gasteiger partial charge in [0, 0.05) is 10.3 Å². The second-order valence-corrected chi connectivity index (χ2v) is 8.88. The third kappa shape index (κ3) is 2.21. The van der Waals surface area contributed by atoms with E-state index in [1.54, 1.807) is 0 Å². The fourth-order valence-electron chi connectivity index (χ4n) is 5.07. The van der Waals surface area contributed by atoms with E-state index in [4.69, 9.17) is 0 Å². The van der Waals surface area contributed by atoms with Crippen LogP contribution in [-0.2, 0) is 16.6 Å². The summed E-state index contributed by atoms with van der Waals surface area (Å²) in [6.45, 7) is 2.18. The lowest BCUT2D eigenvalue weighted by molar-refractivity contribution is -0.118. The number of carbonyl (C=O) groups is 1. The zero-order chi connectivity index (χ0) is 17.0. The molecule has 0 bridgehead atoms. The second kappa shape index (κ2) is 5.63. The molecule has 128 valence electrons. The van der Waals surface area contributed by atoms with Crippen LogP contribution in [0.4, 0.5) is 5.69 Å². The highest BCUT2D eigenvalue weighted by Gasteiger charge is 2.52. The number of benzene rings is 2. The van der Waals surface area contributed by atoms with Crippen molar-refractivity contribution in [2.75, 3.05) is 4.90 Å². The molecule has 1 atom stereocenters. The third-order valence-electron chi connectivity index (χ3n) is 6.23. The standard InChI is InChI=1S/C22H23NOS/c1-15-9-10-16-14-20(24)23-18-7-3-4-8-19(18)25-21(23)22(17(16)13-15)11-5-2-6-12-22/h3-4,7-10,13,21H,2,5-6,11-12,14H2,1H3.